The van der Waals surface area contributed by atoms with Crippen molar-refractivity contribution in [2.45, 2.75) is 57.3 Å². The van der Waals surface area contributed by atoms with Crippen molar-refractivity contribution in [2.24, 2.45) is 0 Å². The lowest BCUT2D eigenvalue weighted by Gasteiger charge is -2.25. The number of hydrogen-bond donors (Lipinski definition) is 4. The summed E-state index contributed by atoms with van der Waals surface area (Å²) in [6.45, 7) is 4.41. The number of nitrogens with two attached hydrogens (primary N) is 1. The quantitative estimate of drug-likeness (QED) is 0.218. The number of nitrogen functional groups attached to an aromatic ring is 1. The van der Waals surface area contributed by atoms with Crippen LogP contribution in [0.15, 0.2) is 48.8 Å². The lowest BCUT2D eigenvalue weighted by molar-refractivity contribution is -0.149. The van der Waals surface area contributed by atoms with Gasteiger partial charge < -0.3 is 29.9 Å². The number of aliphatic hydroxyl groups excluding tert-OH is 2. The summed E-state index contributed by atoms with van der Waals surface area (Å²) in [7, 11) is -4.18. The minimum absolute atomic E-state index is 0.227. The van der Waals surface area contributed by atoms with Crippen LogP contribution in [0, 0.1) is 0 Å². The Labute approximate surface area is 213 Å². The third-order valence-electron chi connectivity index (χ3n) is 5.60. The first kappa shape index (κ1) is 27.0. The first-order chi connectivity index (χ1) is 17.6. The summed E-state index contributed by atoms with van der Waals surface area (Å²) in [5.41, 5.74) is 6.82. The van der Waals surface area contributed by atoms with E-state index >= 15 is 0 Å². The van der Waals surface area contributed by atoms with Crippen LogP contribution < -0.4 is 15.3 Å². The first-order valence-corrected chi connectivity index (χ1v) is 13.2. The SMILES string of the molecule is CC(C)OC(=O)[C@@H](C)NP(=O)(OC[C@H]1O[C@@H](c2ccc3c(N)ncnn23)[C@H](O)[C@@H]1O)Oc1ccccc1. The molecule has 2 aromatic heterocycles. The van der Waals surface area contributed by atoms with Crippen LogP contribution in [0.2, 0.25) is 0 Å². The summed E-state index contributed by atoms with van der Waals surface area (Å²) in [4.78, 5) is 16.2. The number of carbonyl (C=O) groups is 1. The fourth-order valence-corrected chi connectivity index (χ4v) is 5.33. The molecule has 37 heavy (non-hydrogen) atoms. The molecular formula is C23H30N5O8P. The first-order valence-electron chi connectivity index (χ1n) is 11.6. The average Bonchev–Trinajstić information content (AvgIpc) is 3.40. The van der Waals surface area contributed by atoms with Gasteiger partial charge in [0.2, 0.25) is 0 Å². The Morgan fingerprint density at radius 2 is 1.92 bits per heavy atom. The molecule has 1 aliphatic heterocycles. The van der Waals surface area contributed by atoms with Crippen LogP contribution in [-0.4, -0.2) is 67.8 Å². The molecule has 0 saturated carbocycles. The Morgan fingerprint density at radius 1 is 1.19 bits per heavy atom. The maximum absolute atomic E-state index is 13.7. The Balaban J connectivity index is 1.50. The van der Waals surface area contributed by atoms with Crippen LogP contribution in [-0.2, 0) is 23.4 Å². The van der Waals surface area contributed by atoms with E-state index in [2.05, 4.69) is 15.2 Å². The van der Waals surface area contributed by atoms with Crippen molar-refractivity contribution in [2.75, 3.05) is 12.3 Å². The number of aromatic nitrogens is 3. The Hall–Kier alpha value is -3.06. The molecule has 1 unspecified atom stereocenters. The molecule has 1 aliphatic rings. The Bertz CT molecular complexity index is 1270. The molecule has 0 bridgehead atoms. The summed E-state index contributed by atoms with van der Waals surface area (Å²) >= 11 is 0. The van der Waals surface area contributed by atoms with Crippen molar-refractivity contribution in [3.8, 4) is 5.75 Å². The monoisotopic (exact) mass is 535 g/mol. The van der Waals surface area contributed by atoms with Crippen molar-refractivity contribution >= 4 is 25.1 Å². The highest BCUT2D eigenvalue weighted by Crippen LogP contribution is 2.46. The predicted octanol–water partition coefficient (Wildman–Crippen LogP) is 1.61. The molecule has 1 fully saturated rings. The molecule has 5 N–H and O–H groups in total. The van der Waals surface area contributed by atoms with E-state index < -0.39 is 50.8 Å². The number of esters is 1. The molecule has 14 heteroatoms. The predicted molar refractivity (Wildman–Crippen MR) is 131 cm³/mol. The molecule has 0 radical (unpaired) electrons. The fraction of sp³-hybridized carbons (Fsp3) is 0.435. The van der Waals surface area contributed by atoms with Gasteiger partial charge in [0.25, 0.3) is 0 Å². The summed E-state index contributed by atoms with van der Waals surface area (Å²) < 4.78 is 37.4. The van der Waals surface area contributed by atoms with E-state index in [4.69, 9.17) is 24.3 Å². The Kier molecular flexibility index (Phi) is 8.12. The summed E-state index contributed by atoms with van der Waals surface area (Å²) in [5, 5.41) is 28.1. The second-order valence-electron chi connectivity index (χ2n) is 8.81. The van der Waals surface area contributed by atoms with Crippen LogP contribution in [0.4, 0.5) is 5.82 Å². The van der Waals surface area contributed by atoms with Gasteiger partial charge in [-0.3, -0.25) is 9.32 Å². The fourth-order valence-electron chi connectivity index (χ4n) is 3.83. The molecule has 1 aromatic carbocycles. The van der Waals surface area contributed by atoms with Crippen molar-refractivity contribution in [3.05, 3.63) is 54.5 Å². The van der Waals surface area contributed by atoms with E-state index in [-0.39, 0.29) is 17.7 Å². The highest BCUT2D eigenvalue weighted by molar-refractivity contribution is 7.52. The smallest absolute Gasteiger partial charge is 0.459 e. The van der Waals surface area contributed by atoms with Gasteiger partial charge in [-0.1, -0.05) is 18.2 Å². The molecule has 13 nitrogen and oxygen atoms in total. The largest absolute Gasteiger partial charge is 0.462 e. The highest BCUT2D eigenvalue weighted by Gasteiger charge is 2.46. The third kappa shape index (κ3) is 6.09. The minimum Gasteiger partial charge on any atom is -0.462 e. The van der Waals surface area contributed by atoms with Crippen LogP contribution >= 0.6 is 7.75 Å². The van der Waals surface area contributed by atoms with Crippen molar-refractivity contribution < 1.29 is 38.1 Å². The average molecular weight is 535 g/mol. The molecular weight excluding hydrogens is 505 g/mol. The number of nitrogens with zero attached hydrogens (tertiary/aromatic N) is 3. The number of aliphatic hydroxyl groups is 2. The zero-order valence-electron chi connectivity index (χ0n) is 20.5. The zero-order valence-corrected chi connectivity index (χ0v) is 21.4. The number of rotatable bonds is 10. The standard InChI is InChI=1S/C23H30N5O8P/c1-13(2)34-23(31)14(3)27-37(32,36-15-7-5-4-6-8-15)33-11-18-19(29)20(30)21(35-18)16-9-10-17-22(24)25-12-26-28(16)17/h4-10,12-14,18-21,29-30H,11H2,1-3H3,(H,27,32)(H2,24,25,26)/t14-,18-,19-,20-,21+,37?/m1/s1. The summed E-state index contributed by atoms with van der Waals surface area (Å²) in [5.74, 6) is -0.181. The number of hydrogen-bond acceptors (Lipinski definition) is 11. The van der Waals surface area contributed by atoms with Gasteiger partial charge in [0.1, 0.15) is 48.1 Å². The normalized spacial score (nSPS) is 24.2. The summed E-state index contributed by atoms with van der Waals surface area (Å²) in [6.07, 6.45) is -3.91. The zero-order chi connectivity index (χ0) is 26.7. The van der Waals surface area contributed by atoms with Crippen molar-refractivity contribution in [3.63, 3.8) is 0 Å². The number of anilines is 1. The van der Waals surface area contributed by atoms with Gasteiger partial charge in [-0.2, -0.15) is 10.2 Å². The number of fused-ring (bicyclic) bond motifs is 1. The number of ether oxygens (including phenoxy) is 2. The molecule has 0 aliphatic carbocycles. The Morgan fingerprint density at radius 3 is 2.62 bits per heavy atom. The van der Waals surface area contributed by atoms with Crippen molar-refractivity contribution in [1.29, 1.82) is 0 Å². The maximum atomic E-state index is 13.7. The van der Waals surface area contributed by atoms with Gasteiger partial charge in [-0.15, -0.1) is 0 Å². The van der Waals surface area contributed by atoms with E-state index in [0.717, 1.165) is 0 Å². The van der Waals surface area contributed by atoms with E-state index in [1.165, 1.54) is 17.8 Å². The van der Waals surface area contributed by atoms with E-state index in [1.54, 1.807) is 56.3 Å². The van der Waals surface area contributed by atoms with Gasteiger partial charge in [0, 0.05) is 0 Å². The number of benzene rings is 1. The topological polar surface area (TPSA) is 180 Å². The molecule has 3 aromatic rings. The van der Waals surface area contributed by atoms with Crippen LogP contribution in [0.25, 0.3) is 5.52 Å². The van der Waals surface area contributed by atoms with Crippen molar-refractivity contribution in [1.82, 2.24) is 19.7 Å². The molecule has 0 amide bonds. The van der Waals surface area contributed by atoms with Gasteiger partial charge in [-0.05, 0) is 45.0 Å². The van der Waals surface area contributed by atoms with Crippen LogP contribution in [0.5, 0.6) is 5.75 Å². The molecule has 4 rings (SSSR count). The van der Waals surface area contributed by atoms with Crippen LogP contribution in [0.1, 0.15) is 32.6 Å². The molecule has 0 spiro atoms. The number of para-hydroxylation sites is 1. The van der Waals surface area contributed by atoms with E-state index in [9.17, 15) is 19.6 Å². The molecule has 200 valence electrons. The van der Waals surface area contributed by atoms with E-state index in [0.29, 0.717) is 11.2 Å². The van der Waals surface area contributed by atoms with Gasteiger partial charge in [0.05, 0.1) is 18.4 Å². The van der Waals surface area contributed by atoms with Gasteiger partial charge in [0.15, 0.2) is 5.82 Å². The number of carbonyl (C=O) groups excluding carboxylic acids is 1. The lowest BCUT2D eigenvalue weighted by atomic mass is 10.1. The highest BCUT2D eigenvalue weighted by atomic mass is 31.2. The molecule has 6 atom stereocenters. The van der Waals surface area contributed by atoms with Gasteiger partial charge >= 0.3 is 13.7 Å². The van der Waals surface area contributed by atoms with E-state index in [1.807, 2.05) is 0 Å². The summed E-state index contributed by atoms with van der Waals surface area (Å²) in [6, 6.07) is 10.5. The molecule has 3 heterocycles. The molecule has 1 saturated heterocycles. The number of nitrogens with one attached hydrogen (secondary N) is 1. The third-order valence-corrected chi connectivity index (χ3v) is 7.24. The van der Waals surface area contributed by atoms with Crippen LogP contribution in [0.3, 0.4) is 0 Å². The lowest BCUT2D eigenvalue weighted by Crippen LogP contribution is -2.38. The van der Waals surface area contributed by atoms with Gasteiger partial charge in [-0.25, -0.2) is 14.1 Å². The maximum Gasteiger partial charge on any atom is 0.459 e. The second-order valence-corrected chi connectivity index (χ2v) is 10.5. The second kappa shape index (κ2) is 11.1. The minimum atomic E-state index is -4.18.